The maximum Gasteiger partial charge on any atom is 0.491 e. The molecular weight excluding hydrogens is 541 g/mol. The third-order valence-electron chi connectivity index (χ3n) is 6.77. The quantitative estimate of drug-likeness (QED) is 0.366. The van der Waals surface area contributed by atoms with E-state index in [1.165, 1.54) is 13.0 Å². The Morgan fingerprint density at radius 2 is 1.87 bits per heavy atom. The van der Waals surface area contributed by atoms with Crippen molar-refractivity contribution in [3.05, 3.63) is 47.0 Å². The molecule has 8 nitrogen and oxygen atoms in total. The monoisotopic (exact) mass is 570 g/mol. The molecule has 1 fully saturated rings. The van der Waals surface area contributed by atoms with Gasteiger partial charge in [-0.1, -0.05) is 11.6 Å². The number of halogens is 4. The van der Waals surface area contributed by atoms with Crippen molar-refractivity contribution in [3.63, 3.8) is 0 Å². The van der Waals surface area contributed by atoms with Crippen LogP contribution in [0.25, 0.3) is 0 Å². The Bertz CT molecular complexity index is 1230. The summed E-state index contributed by atoms with van der Waals surface area (Å²) >= 11 is 6.10. The van der Waals surface area contributed by atoms with Crippen molar-refractivity contribution in [2.75, 3.05) is 31.6 Å². The first-order valence-electron chi connectivity index (χ1n) is 12.5. The molecule has 0 aliphatic carbocycles. The van der Waals surface area contributed by atoms with Crippen LogP contribution in [0.1, 0.15) is 38.7 Å². The van der Waals surface area contributed by atoms with Crippen LogP contribution < -0.4 is 19.5 Å². The van der Waals surface area contributed by atoms with E-state index in [-0.39, 0.29) is 30.2 Å². The summed E-state index contributed by atoms with van der Waals surface area (Å²) in [4.78, 5) is 24.9. The molecule has 1 amide bonds. The lowest BCUT2D eigenvalue weighted by molar-refractivity contribution is -0.189. The van der Waals surface area contributed by atoms with E-state index >= 15 is 0 Å². The molecule has 1 unspecified atom stereocenters. The Morgan fingerprint density at radius 1 is 1.15 bits per heavy atom. The van der Waals surface area contributed by atoms with Crippen LogP contribution in [-0.4, -0.2) is 65.5 Å². The molecule has 0 radical (unpaired) electrons. The number of nitrogens with zero attached hydrogens (tertiary/aromatic N) is 1. The molecule has 2 N–H and O–H groups in total. The Morgan fingerprint density at radius 3 is 2.54 bits per heavy atom. The summed E-state index contributed by atoms with van der Waals surface area (Å²) in [5.41, 5.74) is -0.346. The maximum absolute atomic E-state index is 12.6. The minimum atomic E-state index is -5.17. The van der Waals surface area contributed by atoms with Gasteiger partial charge in [-0.2, -0.15) is 13.2 Å². The third kappa shape index (κ3) is 7.55. The molecule has 1 atom stereocenters. The predicted octanol–water partition coefficient (Wildman–Crippen LogP) is 4.76. The lowest BCUT2D eigenvalue weighted by Crippen LogP contribution is -2.53. The fraction of sp³-hybridized carbons (Fsp3) is 0.481. The van der Waals surface area contributed by atoms with Gasteiger partial charge in [0.1, 0.15) is 35.1 Å². The Balaban J connectivity index is 1.35. The van der Waals surface area contributed by atoms with Gasteiger partial charge < -0.3 is 29.5 Å². The number of fused-ring (bicyclic) bond motifs is 1. The van der Waals surface area contributed by atoms with Crippen molar-refractivity contribution in [1.82, 2.24) is 4.90 Å². The third-order valence-corrected chi connectivity index (χ3v) is 7.01. The van der Waals surface area contributed by atoms with Crippen LogP contribution in [-0.2, 0) is 16.0 Å². The van der Waals surface area contributed by atoms with Crippen molar-refractivity contribution in [2.24, 2.45) is 0 Å². The SMILES string of the molecule is CC(=O)Nc1ccc(OC(=O)C(F)(F)F)cc1OCC(C)(O)CN1CCC2(CCc3cc(Cl)ccc3O2)CC1. The number of likely N-dealkylation sites (tertiary alicyclic amines) is 1. The minimum Gasteiger partial charge on any atom is -0.488 e. The number of ether oxygens (including phenoxy) is 3. The molecule has 39 heavy (non-hydrogen) atoms. The number of amides is 1. The van der Waals surface area contributed by atoms with Gasteiger partial charge in [0.05, 0.1) is 5.69 Å². The van der Waals surface area contributed by atoms with E-state index in [4.69, 9.17) is 21.1 Å². The van der Waals surface area contributed by atoms with Crippen molar-refractivity contribution >= 4 is 29.2 Å². The topological polar surface area (TPSA) is 97.3 Å². The van der Waals surface area contributed by atoms with E-state index in [1.807, 2.05) is 18.2 Å². The van der Waals surface area contributed by atoms with Crippen LogP contribution in [0.5, 0.6) is 17.2 Å². The number of benzene rings is 2. The van der Waals surface area contributed by atoms with Crippen LogP contribution in [0.2, 0.25) is 5.02 Å². The molecule has 2 aliphatic heterocycles. The highest BCUT2D eigenvalue weighted by Crippen LogP contribution is 2.40. The number of piperidine rings is 1. The number of β-amino-alcohol motifs (C(OH)–C–C–N with tert-alkyl or cyclic N) is 1. The second-order valence-electron chi connectivity index (χ2n) is 10.3. The number of hydrogen-bond donors (Lipinski definition) is 2. The minimum absolute atomic E-state index is 0.0510. The highest BCUT2D eigenvalue weighted by Gasteiger charge is 2.42. The number of aliphatic hydroxyl groups is 1. The summed E-state index contributed by atoms with van der Waals surface area (Å²) in [6, 6.07) is 9.07. The number of hydrogen-bond acceptors (Lipinski definition) is 7. The Hall–Kier alpha value is -3.02. The van der Waals surface area contributed by atoms with Gasteiger partial charge in [0.15, 0.2) is 0 Å². The average Bonchev–Trinajstić information content (AvgIpc) is 2.85. The molecule has 2 aromatic carbocycles. The van der Waals surface area contributed by atoms with Gasteiger partial charge in [0.2, 0.25) is 5.91 Å². The molecule has 2 aliphatic rings. The zero-order valence-electron chi connectivity index (χ0n) is 21.6. The second-order valence-corrected chi connectivity index (χ2v) is 10.8. The number of carbonyl (C=O) groups excluding carboxylic acids is 2. The standard InChI is InChI=1S/C27H30ClF3N2O6/c1-17(34)32-21-5-4-20(38-24(35)27(29,30)31)14-23(21)37-16-25(2,36)15-33-11-9-26(10-12-33)8-7-18-13-19(28)3-6-22(18)39-26/h3-6,13-14,36H,7-12,15-16H2,1-2H3,(H,32,34). The van der Waals surface area contributed by atoms with Crippen molar-refractivity contribution in [3.8, 4) is 17.2 Å². The number of nitrogens with one attached hydrogen (secondary N) is 1. The summed E-state index contributed by atoms with van der Waals surface area (Å²) < 4.78 is 54.3. The van der Waals surface area contributed by atoms with E-state index in [9.17, 15) is 27.9 Å². The van der Waals surface area contributed by atoms with Crippen LogP contribution in [0.4, 0.5) is 18.9 Å². The van der Waals surface area contributed by atoms with Gasteiger partial charge in [-0.15, -0.1) is 0 Å². The first kappa shape index (κ1) is 29.0. The molecule has 0 saturated carbocycles. The van der Waals surface area contributed by atoms with Gasteiger partial charge in [0, 0.05) is 37.6 Å². The molecule has 212 valence electrons. The van der Waals surface area contributed by atoms with Crippen molar-refractivity contribution in [1.29, 1.82) is 0 Å². The predicted molar refractivity (Wildman–Crippen MR) is 137 cm³/mol. The van der Waals surface area contributed by atoms with Gasteiger partial charge in [0.25, 0.3) is 0 Å². The van der Waals surface area contributed by atoms with Crippen LogP contribution in [0.15, 0.2) is 36.4 Å². The molecule has 2 heterocycles. The van der Waals surface area contributed by atoms with Gasteiger partial charge in [-0.05, 0) is 68.5 Å². The molecule has 1 saturated heterocycles. The first-order valence-corrected chi connectivity index (χ1v) is 12.9. The van der Waals surface area contributed by atoms with E-state index in [2.05, 4.69) is 15.0 Å². The molecular formula is C27H30ClF3N2O6. The molecule has 0 bridgehead atoms. The number of esters is 1. The van der Waals surface area contributed by atoms with Crippen LogP contribution in [0.3, 0.4) is 0 Å². The summed E-state index contributed by atoms with van der Waals surface area (Å²) in [5, 5.41) is 14.2. The number of alkyl halides is 3. The molecule has 0 aromatic heterocycles. The van der Waals surface area contributed by atoms with Gasteiger partial charge >= 0.3 is 12.1 Å². The van der Waals surface area contributed by atoms with Crippen molar-refractivity contribution in [2.45, 2.75) is 56.9 Å². The number of rotatable bonds is 7. The molecule has 12 heteroatoms. The summed E-state index contributed by atoms with van der Waals surface area (Å²) in [7, 11) is 0. The fourth-order valence-electron chi connectivity index (χ4n) is 4.86. The molecule has 2 aromatic rings. The lowest BCUT2D eigenvalue weighted by atomic mass is 9.83. The molecule has 4 rings (SSSR count). The molecule has 1 spiro atoms. The fourth-order valence-corrected chi connectivity index (χ4v) is 5.06. The Kier molecular flexibility index (Phi) is 8.34. The number of aryl methyl sites for hydroxylation is 1. The van der Waals surface area contributed by atoms with E-state index < -0.39 is 29.4 Å². The smallest absolute Gasteiger partial charge is 0.488 e. The number of carbonyl (C=O) groups is 2. The lowest BCUT2D eigenvalue weighted by Gasteiger charge is -2.45. The number of anilines is 1. The first-order chi connectivity index (χ1) is 18.2. The zero-order chi connectivity index (χ0) is 28.4. The van der Waals surface area contributed by atoms with Gasteiger partial charge in [-0.3, -0.25) is 4.79 Å². The zero-order valence-corrected chi connectivity index (χ0v) is 22.3. The van der Waals surface area contributed by atoms with Crippen LogP contribution in [0, 0.1) is 0 Å². The highest BCUT2D eigenvalue weighted by atomic mass is 35.5. The Labute approximate surface area is 229 Å². The van der Waals surface area contributed by atoms with Crippen LogP contribution >= 0.6 is 11.6 Å². The van der Waals surface area contributed by atoms with E-state index in [1.54, 1.807) is 6.92 Å². The van der Waals surface area contributed by atoms with Crippen molar-refractivity contribution < 1.29 is 42.1 Å². The normalized spacial score (nSPS) is 18.4. The largest absolute Gasteiger partial charge is 0.491 e. The average molecular weight is 571 g/mol. The summed E-state index contributed by atoms with van der Waals surface area (Å²) in [6.07, 6.45) is -1.84. The van der Waals surface area contributed by atoms with E-state index in [0.717, 1.165) is 49.1 Å². The summed E-state index contributed by atoms with van der Waals surface area (Å²) in [6.45, 7) is 4.26. The highest BCUT2D eigenvalue weighted by molar-refractivity contribution is 6.30. The van der Waals surface area contributed by atoms with Gasteiger partial charge in [-0.25, -0.2) is 4.79 Å². The van der Waals surface area contributed by atoms with E-state index in [0.29, 0.717) is 18.1 Å². The maximum atomic E-state index is 12.6. The second kappa shape index (κ2) is 11.2. The summed E-state index contributed by atoms with van der Waals surface area (Å²) in [5.74, 6) is -2.43.